The Kier molecular flexibility index (Phi) is 3.66. The minimum atomic E-state index is -0.144. The Hall–Kier alpha value is -1.55. The van der Waals surface area contributed by atoms with Gasteiger partial charge in [-0.15, -0.1) is 0 Å². The van der Waals surface area contributed by atoms with E-state index in [1.165, 1.54) is 25.9 Å². The van der Waals surface area contributed by atoms with Crippen LogP contribution in [0.15, 0.2) is 24.3 Å². The summed E-state index contributed by atoms with van der Waals surface area (Å²) in [7, 11) is 0. The maximum Gasteiger partial charge on any atom is 0.227 e. The second-order valence-electron chi connectivity index (χ2n) is 6.14. The average Bonchev–Trinajstić information content (AvgIpc) is 2.47. The van der Waals surface area contributed by atoms with Gasteiger partial charge in [0.25, 0.3) is 0 Å². The normalized spacial score (nSPS) is 29.9. The summed E-state index contributed by atoms with van der Waals surface area (Å²) < 4.78 is 0. The molecule has 3 heterocycles. The number of hydrogen-bond donors (Lipinski definition) is 2. The lowest BCUT2D eigenvalue weighted by atomic mass is 9.83. The second kappa shape index (κ2) is 5.44. The number of nitrogens with zero attached hydrogens (tertiary/aromatic N) is 1. The van der Waals surface area contributed by atoms with E-state index in [2.05, 4.69) is 10.2 Å². The molecule has 2 atom stereocenters. The number of fused-ring (bicyclic) bond motifs is 3. The number of nitrogens with one attached hydrogen (secondary N) is 1. The molecule has 2 bridgehead atoms. The van der Waals surface area contributed by atoms with Crippen LogP contribution in [0, 0.1) is 5.92 Å². The molecule has 3 aliphatic rings. The van der Waals surface area contributed by atoms with Crippen molar-refractivity contribution in [1.82, 2.24) is 10.2 Å². The van der Waals surface area contributed by atoms with Crippen molar-refractivity contribution in [1.29, 1.82) is 0 Å². The van der Waals surface area contributed by atoms with Gasteiger partial charge in [0.2, 0.25) is 5.91 Å². The van der Waals surface area contributed by atoms with Gasteiger partial charge in [-0.05, 0) is 56.5 Å². The topological polar surface area (TPSA) is 58.4 Å². The third-order valence-electron chi connectivity index (χ3n) is 4.79. The molecule has 0 saturated carbocycles. The summed E-state index contributed by atoms with van der Waals surface area (Å²) in [5.41, 5.74) is 7.49. The van der Waals surface area contributed by atoms with E-state index in [0.29, 0.717) is 17.6 Å². The van der Waals surface area contributed by atoms with E-state index < -0.39 is 0 Å². The van der Waals surface area contributed by atoms with Gasteiger partial charge in [0.05, 0.1) is 5.92 Å². The van der Waals surface area contributed by atoms with Crippen LogP contribution >= 0.6 is 0 Å². The molecule has 0 aliphatic carbocycles. The molecule has 0 radical (unpaired) electrons. The van der Waals surface area contributed by atoms with Crippen LogP contribution in [0.3, 0.4) is 0 Å². The number of anilines is 1. The number of nitrogen functional groups attached to an aromatic ring is 1. The van der Waals surface area contributed by atoms with Gasteiger partial charge in [0.1, 0.15) is 0 Å². The number of benzene rings is 1. The summed E-state index contributed by atoms with van der Waals surface area (Å²) in [4.78, 5) is 14.9. The van der Waals surface area contributed by atoms with E-state index in [9.17, 15) is 4.79 Å². The highest BCUT2D eigenvalue weighted by Gasteiger charge is 2.35. The standard InChI is InChI=1S/C16H23N3O/c1-11(13-3-2-4-14(17)9-13)16(20)18-15-10-19-7-5-12(15)6-8-19/h2-4,9,11-12,15H,5-8,10,17H2,1H3,(H,18,20). The van der Waals surface area contributed by atoms with Gasteiger partial charge in [-0.3, -0.25) is 4.79 Å². The zero-order valence-corrected chi connectivity index (χ0v) is 12.0. The van der Waals surface area contributed by atoms with Crippen molar-refractivity contribution in [2.75, 3.05) is 25.4 Å². The van der Waals surface area contributed by atoms with Gasteiger partial charge in [0.15, 0.2) is 0 Å². The minimum absolute atomic E-state index is 0.120. The number of carbonyl (C=O) groups is 1. The van der Waals surface area contributed by atoms with Crippen molar-refractivity contribution in [3.8, 4) is 0 Å². The monoisotopic (exact) mass is 273 g/mol. The smallest absolute Gasteiger partial charge is 0.227 e. The van der Waals surface area contributed by atoms with Crippen LogP contribution < -0.4 is 11.1 Å². The molecule has 108 valence electrons. The van der Waals surface area contributed by atoms with Gasteiger partial charge < -0.3 is 16.0 Å². The number of amides is 1. The molecular formula is C16H23N3O. The number of carbonyl (C=O) groups excluding carboxylic acids is 1. The molecule has 4 heteroatoms. The van der Waals surface area contributed by atoms with Gasteiger partial charge in [-0.1, -0.05) is 12.1 Å². The second-order valence-corrected chi connectivity index (χ2v) is 6.14. The van der Waals surface area contributed by atoms with Crippen molar-refractivity contribution in [2.45, 2.75) is 31.7 Å². The van der Waals surface area contributed by atoms with Crippen molar-refractivity contribution < 1.29 is 4.79 Å². The number of hydrogen-bond acceptors (Lipinski definition) is 3. The van der Waals surface area contributed by atoms with Crippen molar-refractivity contribution in [3.63, 3.8) is 0 Å². The van der Waals surface area contributed by atoms with E-state index in [4.69, 9.17) is 5.73 Å². The SMILES string of the molecule is CC(C(=O)NC1CN2CCC1CC2)c1cccc(N)c1. The fourth-order valence-corrected chi connectivity index (χ4v) is 3.42. The van der Waals surface area contributed by atoms with Crippen LogP contribution in [0.1, 0.15) is 31.2 Å². The van der Waals surface area contributed by atoms with Crippen LogP contribution in [0.4, 0.5) is 5.69 Å². The van der Waals surface area contributed by atoms with E-state index in [-0.39, 0.29) is 11.8 Å². The molecule has 0 spiro atoms. The third kappa shape index (κ3) is 2.66. The zero-order valence-electron chi connectivity index (χ0n) is 12.0. The first-order valence-electron chi connectivity index (χ1n) is 7.51. The lowest BCUT2D eigenvalue weighted by Crippen LogP contribution is -2.57. The van der Waals surface area contributed by atoms with E-state index >= 15 is 0 Å². The highest BCUT2D eigenvalue weighted by atomic mass is 16.1. The van der Waals surface area contributed by atoms with Gasteiger partial charge in [-0.25, -0.2) is 0 Å². The van der Waals surface area contributed by atoms with Gasteiger partial charge >= 0.3 is 0 Å². The molecular weight excluding hydrogens is 250 g/mol. The molecule has 4 nitrogen and oxygen atoms in total. The lowest BCUT2D eigenvalue weighted by Gasteiger charge is -2.45. The molecule has 4 rings (SSSR count). The fraction of sp³-hybridized carbons (Fsp3) is 0.562. The Morgan fingerprint density at radius 2 is 2.15 bits per heavy atom. The van der Waals surface area contributed by atoms with Crippen molar-refractivity contribution in [3.05, 3.63) is 29.8 Å². The van der Waals surface area contributed by atoms with Crippen LogP contribution in [0.25, 0.3) is 0 Å². The van der Waals surface area contributed by atoms with Crippen molar-refractivity contribution >= 4 is 11.6 Å². The predicted molar refractivity (Wildman–Crippen MR) is 80.4 cm³/mol. The highest BCUT2D eigenvalue weighted by Crippen LogP contribution is 2.28. The fourth-order valence-electron chi connectivity index (χ4n) is 3.42. The highest BCUT2D eigenvalue weighted by molar-refractivity contribution is 5.83. The summed E-state index contributed by atoms with van der Waals surface area (Å²) >= 11 is 0. The maximum absolute atomic E-state index is 12.4. The summed E-state index contributed by atoms with van der Waals surface area (Å²) in [6, 6.07) is 7.94. The summed E-state index contributed by atoms with van der Waals surface area (Å²) in [5, 5.41) is 3.25. The van der Waals surface area contributed by atoms with Gasteiger partial charge in [0, 0.05) is 18.3 Å². The summed E-state index contributed by atoms with van der Waals surface area (Å²) in [6.45, 7) is 5.36. The molecule has 1 amide bonds. The molecule has 3 fully saturated rings. The van der Waals surface area contributed by atoms with Crippen LogP contribution in [-0.4, -0.2) is 36.5 Å². The Labute approximate surface area is 120 Å². The van der Waals surface area contributed by atoms with E-state index in [1.54, 1.807) is 0 Å². The first kappa shape index (κ1) is 13.4. The Bertz CT molecular complexity index is 494. The lowest BCUT2D eigenvalue weighted by molar-refractivity contribution is -0.124. The summed E-state index contributed by atoms with van der Waals surface area (Å²) in [5.74, 6) is 0.639. The predicted octanol–water partition coefficient (Wildman–Crippen LogP) is 1.58. The first-order valence-corrected chi connectivity index (χ1v) is 7.51. The average molecular weight is 273 g/mol. The van der Waals surface area contributed by atoms with Gasteiger partial charge in [-0.2, -0.15) is 0 Å². The number of nitrogens with two attached hydrogens (primary N) is 1. The number of rotatable bonds is 3. The first-order chi connectivity index (χ1) is 9.63. The van der Waals surface area contributed by atoms with Crippen LogP contribution in [0.5, 0.6) is 0 Å². The Morgan fingerprint density at radius 3 is 2.75 bits per heavy atom. The molecule has 1 aromatic rings. The zero-order chi connectivity index (χ0) is 14.1. The number of piperidine rings is 3. The molecule has 20 heavy (non-hydrogen) atoms. The van der Waals surface area contributed by atoms with E-state index in [1.807, 2.05) is 31.2 Å². The Morgan fingerprint density at radius 1 is 1.40 bits per heavy atom. The molecule has 3 aliphatic heterocycles. The molecule has 3 N–H and O–H groups in total. The minimum Gasteiger partial charge on any atom is -0.399 e. The molecule has 3 saturated heterocycles. The Balaban J connectivity index is 1.64. The van der Waals surface area contributed by atoms with Crippen molar-refractivity contribution in [2.24, 2.45) is 5.92 Å². The quantitative estimate of drug-likeness (QED) is 0.822. The third-order valence-corrected chi connectivity index (χ3v) is 4.79. The maximum atomic E-state index is 12.4. The van der Waals surface area contributed by atoms with E-state index in [0.717, 1.165) is 12.1 Å². The van der Waals surface area contributed by atoms with Crippen LogP contribution in [0.2, 0.25) is 0 Å². The molecule has 2 unspecified atom stereocenters. The molecule has 0 aromatic heterocycles. The van der Waals surface area contributed by atoms with Crippen LogP contribution in [-0.2, 0) is 4.79 Å². The largest absolute Gasteiger partial charge is 0.399 e. The summed E-state index contributed by atoms with van der Waals surface area (Å²) in [6.07, 6.45) is 2.44. The molecule has 1 aromatic carbocycles.